The first-order valence-electron chi connectivity index (χ1n) is 8.72. The number of nitrogens with zero attached hydrogens (tertiary/aromatic N) is 3. The lowest BCUT2D eigenvalue weighted by Crippen LogP contribution is -2.33. The number of hydrogen-bond acceptors (Lipinski definition) is 5. The Balaban J connectivity index is 1.52. The lowest BCUT2D eigenvalue weighted by Gasteiger charge is -2.19. The first-order valence-corrected chi connectivity index (χ1v) is 8.72. The van der Waals surface area contributed by atoms with Crippen molar-refractivity contribution in [2.24, 2.45) is 0 Å². The fourth-order valence-corrected chi connectivity index (χ4v) is 3.51. The summed E-state index contributed by atoms with van der Waals surface area (Å²) in [6, 6.07) is 8.56. The third-order valence-electron chi connectivity index (χ3n) is 4.94. The van der Waals surface area contributed by atoms with Gasteiger partial charge in [0.2, 0.25) is 0 Å². The van der Waals surface area contributed by atoms with Crippen LogP contribution in [0.3, 0.4) is 0 Å². The van der Waals surface area contributed by atoms with E-state index in [0.29, 0.717) is 19.0 Å². The van der Waals surface area contributed by atoms with Crippen LogP contribution in [0.15, 0.2) is 47.5 Å². The van der Waals surface area contributed by atoms with E-state index >= 15 is 0 Å². The molecule has 0 N–H and O–H groups in total. The fraction of sp³-hybridized carbons (Fsp3) is 0.350. The lowest BCUT2D eigenvalue weighted by atomic mass is 10.1. The summed E-state index contributed by atoms with van der Waals surface area (Å²) in [5.41, 5.74) is 1.79. The molecular formula is C20H21N3O2. The van der Waals surface area contributed by atoms with Gasteiger partial charge in [-0.1, -0.05) is 12.1 Å². The summed E-state index contributed by atoms with van der Waals surface area (Å²) in [4.78, 5) is 23.1. The minimum atomic E-state index is 0.229. The van der Waals surface area contributed by atoms with E-state index in [-0.39, 0.29) is 5.78 Å². The average Bonchev–Trinajstić information content (AvgIpc) is 3.27. The number of carbonyl (C=O) groups excluding carboxylic acids is 1. The molecule has 0 saturated carbocycles. The van der Waals surface area contributed by atoms with E-state index in [9.17, 15) is 4.79 Å². The summed E-state index contributed by atoms with van der Waals surface area (Å²) < 4.78 is 5.36. The highest BCUT2D eigenvalue weighted by Gasteiger charge is 2.22. The molecule has 2 aromatic heterocycles. The van der Waals surface area contributed by atoms with Gasteiger partial charge in [0.15, 0.2) is 17.9 Å². The molecule has 4 rings (SSSR count). The van der Waals surface area contributed by atoms with Crippen molar-refractivity contribution in [3.05, 3.63) is 48.7 Å². The highest BCUT2D eigenvalue weighted by Crippen LogP contribution is 2.24. The normalized spacial score (nSPS) is 18.0. The smallest absolute Gasteiger partial charge is 0.181 e. The zero-order chi connectivity index (χ0) is 17.2. The molecule has 1 atom stereocenters. The molecule has 0 unspecified atom stereocenters. The van der Waals surface area contributed by atoms with Crippen LogP contribution in [0.5, 0.6) is 0 Å². The Labute approximate surface area is 146 Å². The molecule has 3 aromatic rings. The molecule has 5 heteroatoms. The maximum atomic E-state index is 12.4. The summed E-state index contributed by atoms with van der Waals surface area (Å²) in [5.74, 6) is 0.964. The van der Waals surface area contributed by atoms with Crippen molar-refractivity contribution in [3.63, 3.8) is 0 Å². The molecule has 3 heterocycles. The van der Waals surface area contributed by atoms with Crippen LogP contribution < -0.4 is 0 Å². The molecule has 0 spiro atoms. The van der Waals surface area contributed by atoms with E-state index in [4.69, 9.17) is 4.42 Å². The Morgan fingerprint density at radius 2 is 2.20 bits per heavy atom. The van der Waals surface area contributed by atoms with Gasteiger partial charge in [0.25, 0.3) is 0 Å². The third-order valence-corrected chi connectivity index (χ3v) is 4.94. The predicted molar refractivity (Wildman–Crippen MR) is 96.2 cm³/mol. The Kier molecular flexibility index (Phi) is 4.32. The van der Waals surface area contributed by atoms with Gasteiger partial charge >= 0.3 is 0 Å². The lowest BCUT2D eigenvalue weighted by molar-refractivity contribution is -0.119. The second-order valence-electron chi connectivity index (χ2n) is 6.78. The molecule has 0 amide bonds. The van der Waals surface area contributed by atoms with Crippen LogP contribution >= 0.6 is 0 Å². The van der Waals surface area contributed by atoms with Crippen LogP contribution in [0, 0.1) is 0 Å². The minimum Gasteiger partial charge on any atom is -0.444 e. The maximum Gasteiger partial charge on any atom is 0.181 e. The number of Topliss-reactive ketones (excluding diaryl/α,β-unsaturated/α-hetero) is 1. The molecule has 0 radical (unpaired) electrons. The molecule has 1 fully saturated rings. The summed E-state index contributed by atoms with van der Waals surface area (Å²) in [5, 5.41) is 2.11. The van der Waals surface area contributed by atoms with Crippen LogP contribution in [0.2, 0.25) is 0 Å². The largest absolute Gasteiger partial charge is 0.444 e. The standard InChI is InChI=1S/C20H21N3O2/c1-14-3-2-6-23(14)12-19(24)9-18-8-17-7-15(20-11-21-13-25-20)4-5-16(17)10-22-18/h4-5,7-8,10-11,13-14H,2-3,6,9,12H2,1H3/t14-/m1/s1. The Hall–Kier alpha value is -2.53. The molecule has 0 bridgehead atoms. The quantitative estimate of drug-likeness (QED) is 0.714. The van der Waals surface area contributed by atoms with Crippen LogP contribution in [-0.4, -0.2) is 39.8 Å². The van der Waals surface area contributed by atoms with Gasteiger partial charge in [-0.2, -0.15) is 0 Å². The molecule has 128 valence electrons. The Morgan fingerprint density at radius 3 is 2.96 bits per heavy atom. The topological polar surface area (TPSA) is 59.2 Å². The Bertz CT molecular complexity index is 889. The van der Waals surface area contributed by atoms with Gasteiger partial charge < -0.3 is 4.42 Å². The van der Waals surface area contributed by atoms with Crippen molar-refractivity contribution < 1.29 is 9.21 Å². The van der Waals surface area contributed by atoms with Crippen molar-refractivity contribution in [3.8, 4) is 11.3 Å². The number of pyridine rings is 1. The van der Waals surface area contributed by atoms with Crippen LogP contribution in [0.4, 0.5) is 0 Å². The third kappa shape index (κ3) is 3.46. The van der Waals surface area contributed by atoms with Crippen molar-refractivity contribution in [2.75, 3.05) is 13.1 Å². The van der Waals surface area contributed by atoms with E-state index in [2.05, 4.69) is 21.8 Å². The highest BCUT2D eigenvalue weighted by molar-refractivity contribution is 5.88. The second-order valence-corrected chi connectivity index (χ2v) is 6.78. The molecule has 1 aliphatic heterocycles. The second kappa shape index (κ2) is 6.76. The number of likely N-dealkylation sites (tertiary alicyclic amines) is 1. The number of carbonyl (C=O) groups is 1. The molecule has 5 nitrogen and oxygen atoms in total. The summed E-state index contributed by atoms with van der Waals surface area (Å²) >= 11 is 0. The molecular weight excluding hydrogens is 314 g/mol. The zero-order valence-electron chi connectivity index (χ0n) is 14.3. The number of ketones is 1. The van der Waals surface area contributed by atoms with Gasteiger partial charge in [-0.05, 0) is 43.8 Å². The van der Waals surface area contributed by atoms with E-state index < -0.39 is 0 Å². The van der Waals surface area contributed by atoms with Crippen molar-refractivity contribution in [1.29, 1.82) is 0 Å². The fourth-order valence-electron chi connectivity index (χ4n) is 3.51. The molecule has 0 aliphatic carbocycles. The van der Waals surface area contributed by atoms with Gasteiger partial charge in [0, 0.05) is 28.9 Å². The van der Waals surface area contributed by atoms with Crippen molar-refractivity contribution in [2.45, 2.75) is 32.2 Å². The van der Waals surface area contributed by atoms with E-state index in [1.807, 2.05) is 30.5 Å². The number of fused-ring (bicyclic) bond motifs is 1. The number of rotatable bonds is 5. The predicted octanol–water partition coefficient (Wildman–Crippen LogP) is 3.49. The van der Waals surface area contributed by atoms with Gasteiger partial charge in [0.1, 0.15) is 0 Å². The van der Waals surface area contributed by atoms with Crippen molar-refractivity contribution in [1.82, 2.24) is 14.9 Å². The average molecular weight is 335 g/mol. The minimum absolute atomic E-state index is 0.229. The zero-order valence-corrected chi connectivity index (χ0v) is 14.3. The van der Waals surface area contributed by atoms with E-state index in [1.54, 1.807) is 6.20 Å². The Morgan fingerprint density at radius 1 is 1.28 bits per heavy atom. The first kappa shape index (κ1) is 16.0. The van der Waals surface area contributed by atoms with Crippen molar-refractivity contribution >= 4 is 16.6 Å². The SMILES string of the molecule is C[C@@H]1CCCN1CC(=O)Cc1cc2cc(-c3cnco3)ccc2cn1. The molecule has 1 aromatic carbocycles. The number of benzene rings is 1. The summed E-state index contributed by atoms with van der Waals surface area (Å²) in [6.07, 6.45) is 7.71. The molecule has 25 heavy (non-hydrogen) atoms. The number of aromatic nitrogens is 2. The van der Waals surface area contributed by atoms with Gasteiger partial charge in [-0.15, -0.1) is 0 Å². The van der Waals surface area contributed by atoms with E-state index in [1.165, 1.54) is 19.2 Å². The first-order chi connectivity index (χ1) is 12.2. The van der Waals surface area contributed by atoms with Crippen LogP contribution in [0.1, 0.15) is 25.5 Å². The molecule has 1 aliphatic rings. The number of hydrogen-bond donors (Lipinski definition) is 0. The van der Waals surface area contributed by atoms with Gasteiger partial charge in [-0.3, -0.25) is 14.7 Å². The maximum absolute atomic E-state index is 12.4. The van der Waals surface area contributed by atoms with Gasteiger partial charge in [-0.25, -0.2) is 4.98 Å². The van der Waals surface area contributed by atoms with Gasteiger partial charge in [0.05, 0.1) is 19.2 Å². The summed E-state index contributed by atoms with van der Waals surface area (Å²) in [6.45, 7) is 3.75. The number of oxazole rings is 1. The highest BCUT2D eigenvalue weighted by atomic mass is 16.3. The van der Waals surface area contributed by atoms with Crippen LogP contribution in [0.25, 0.3) is 22.1 Å². The molecule has 1 saturated heterocycles. The van der Waals surface area contributed by atoms with E-state index in [0.717, 1.165) is 34.3 Å². The monoisotopic (exact) mass is 335 g/mol. The summed E-state index contributed by atoms with van der Waals surface area (Å²) in [7, 11) is 0. The van der Waals surface area contributed by atoms with Crippen LogP contribution in [-0.2, 0) is 11.2 Å².